The molecule has 2 aromatic rings. The molecule has 26 heavy (non-hydrogen) atoms. The lowest BCUT2D eigenvalue weighted by atomic mass is 10.1. The number of hydrogen-bond acceptors (Lipinski definition) is 5. The van der Waals surface area contributed by atoms with Crippen LogP contribution < -0.4 is 10.2 Å². The summed E-state index contributed by atoms with van der Waals surface area (Å²) in [6.07, 6.45) is 0. The molecule has 2 aromatic carbocycles. The van der Waals surface area contributed by atoms with Crippen LogP contribution in [-0.2, 0) is 0 Å². The number of piperazine rings is 1. The highest BCUT2D eigenvalue weighted by molar-refractivity contribution is 6.06. The number of carbonyl (C=O) groups excluding carboxylic acids is 1. The maximum absolute atomic E-state index is 12.6. The Hall–Kier alpha value is -2.93. The van der Waals surface area contributed by atoms with Gasteiger partial charge in [0.15, 0.2) is 0 Å². The lowest BCUT2D eigenvalue weighted by Gasteiger charge is -2.35. The fraction of sp³-hybridized carbons (Fsp3) is 0.316. The molecule has 1 aliphatic heterocycles. The summed E-state index contributed by atoms with van der Waals surface area (Å²) in [5.41, 5.74) is 2.63. The fourth-order valence-corrected chi connectivity index (χ4v) is 3.10. The summed E-state index contributed by atoms with van der Waals surface area (Å²) in [5.74, 6) is -0.274. The Morgan fingerprint density at radius 3 is 2.46 bits per heavy atom. The number of nitrogens with zero attached hydrogens (tertiary/aromatic N) is 3. The minimum Gasteiger partial charge on any atom is -0.367 e. The molecule has 0 spiro atoms. The lowest BCUT2D eigenvalue weighted by Crippen LogP contribution is -2.44. The van der Waals surface area contributed by atoms with Gasteiger partial charge in [0.25, 0.3) is 11.6 Å². The number of rotatable bonds is 4. The zero-order valence-corrected chi connectivity index (χ0v) is 14.9. The lowest BCUT2D eigenvalue weighted by molar-refractivity contribution is -0.385. The molecule has 0 unspecified atom stereocenters. The standard InChI is InChI=1S/C19H22N4O3/c1-14-13-15(7-8-17(14)23(25)26)19(24)20-16-5-3-4-6-18(16)22-11-9-21(2)10-12-22/h3-8,13H,9-12H2,1-2H3,(H,20,24). The number of aryl methyl sites for hydroxylation is 1. The third-order valence-corrected chi connectivity index (χ3v) is 4.65. The molecule has 1 amide bonds. The summed E-state index contributed by atoms with van der Waals surface area (Å²) in [6.45, 7) is 5.39. The Morgan fingerprint density at radius 1 is 1.12 bits per heavy atom. The number of amides is 1. The van der Waals surface area contributed by atoms with Gasteiger partial charge in [0.1, 0.15) is 0 Å². The number of anilines is 2. The second kappa shape index (κ2) is 7.53. The zero-order chi connectivity index (χ0) is 18.7. The van der Waals surface area contributed by atoms with E-state index in [1.807, 2.05) is 24.3 Å². The second-order valence-electron chi connectivity index (χ2n) is 6.52. The van der Waals surface area contributed by atoms with Crippen molar-refractivity contribution in [2.75, 3.05) is 43.4 Å². The fourth-order valence-electron chi connectivity index (χ4n) is 3.10. The third-order valence-electron chi connectivity index (χ3n) is 4.65. The quantitative estimate of drug-likeness (QED) is 0.675. The minimum atomic E-state index is -0.445. The molecule has 1 aliphatic rings. The average molecular weight is 354 g/mol. The van der Waals surface area contributed by atoms with Gasteiger partial charge >= 0.3 is 0 Å². The second-order valence-corrected chi connectivity index (χ2v) is 6.52. The number of benzene rings is 2. The first-order valence-corrected chi connectivity index (χ1v) is 8.54. The van der Waals surface area contributed by atoms with Crippen LogP contribution in [0.25, 0.3) is 0 Å². The number of nitro benzene ring substituents is 1. The van der Waals surface area contributed by atoms with Crippen molar-refractivity contribution in [1.82, 2.24) is 4.90 Å². The van der Waals surface area contributed by atoms with Gasteiger partial charge in [-0.1, -0.05) is 12.1 Å². The van der Waals surface area contributed by atoms with Gasteiger partial charge < -0.3 is 15.1 Å². The zero-order valence-electron chi connectivity index (χ0n) is 14.9. The predicted octanol–water partition coefficient (Wildman–Crippen LogP) is 2.91. The van der Waals surface area contributed by atoms with Crippen molar-refractivity contribution in [3.8, 4) is 0 Å². The van der Waals surface area contributed by atoms with Gasteiger partial charge in [-0.2, -0.15) is 0 Å². The van der Waals surface area contributed by atoms with Crippen molar-refractivity contribution in [2.24, 2.45) is 0 Å². The summed E-state index contributed by atoms with van der Waals surface area (Å²) in [6, 6.07) is 12.1. The van der Waals surface area contributed by atoms with Crippen LogP contribution >= 0.6 is 0 Å². The van der Waals surface area contributed by atoms with Crippen molar-refractivity contribution in [3.63, 3.8) is 0 Å². The minimum absolute atomic E-state index is 0.0133. The van der Waals surface area contributed by atoms with E-state index < -0.39 is 4.92 Å². The predicted molar refractivity (Wildman–Crippen MR) is 102 cm³/mol. The van der Waals surface area contributed by atoms with Crippen molar-refractivity contribution >= 4 is 23.0 Å². The number of nitrogens with one attached hydrogen (secondary N) is 1. The highest BCUT2D eigenvalue weighted by Gasteiger charge is 2.19. The Labute approximate surface area is 152 Å². The van der Waals surface area contributed by atoms with Crippen LogP contribution in [0.5, 0.6) is 0 Å². The van der Waals surface area contributed by atoms with Crippen LogP contribution in [0.3, 0.4) is 0 Å². The molecule has 0 aromatic heterocycles. The summed E-state index contributed by atoms with van der Waals surface area (Å²) in [5, 5.41) is 13.9. The summed E-state index contributed by atoms with van der Waals surface area (Å²) in [4.78, 5) is 27.7. The Bertz CT molecular complexity index is 829. The SMILES string of the molecule is Cc1cc(C(=O)Nc2ccccc2N2CCN(C)CC2)ccc1[N+](=O)[O-]. The van der Waals surface area contributed by atoms with E-state index in [1.54, 1.807) is 13.0 Å². The van der Waals surface area contributed by atoms with E-state index >= 15 is 0 Å². The maximum atomic E-state index is 12.6. The highest BCUT2D eigenvalue weighted by atomic mass is 16.6. The highest BCUT2D eigenvalue weighted by Crippen LogP contribution is 2.27. The average Bonchev–Trinajstić information content (AvgIpc) is 2.62. The van der Waals surface area contributed by atoms with Gasteiger partial charge in [-0.3, -0.25) is 14.9 Å². The van der Waals surface area contributed by atoms with E-state index in [4.69, 9.17) is 0 Å². The smallest absolute Gasteiger partial charge is 0.272 e. The van der Waals surface area contributed by atoms with Crippen LogP contribution in [0.1, 0.15) is 15.9 Å². The van der Waals surface area contributed by atoms with Gasteiger partial charge in [0.2, 0.25) is 0 Å². The molecule has 0 aliphatic carbocycles. The van der Waals surface area contributed by atoms with E-state index in [1.165, 1.54) is 12.1 Å². The summed E-state index contributed by atoms with van der Waals surface area (Å²) in [7, 11) is 2.10. The molecule has 1 fully saturated rings. The van der Waals surface area contributed by atoms with Crippen LogP contribution in [0, 0.1) is 17.0 Å². The monoisotopic (exact) mass is 354 g/mol. The largest absolute Gasteiger partial charge is 0.367 e. The Balaban J connectivity index is 1.80. The van der Waals surface area contributed by atoms with Gasteiger partial charge in [-0.05, 0) is 38.2 Å². The van der Waals surface area contributed by atoms with Crippen molar-refractivity contribution in [2.45, 2.75) is 6.92 Å². The number of carbonyl (C=O) groups is 1. The molecule has 7 heteroatoms. The first-order chi connectivity index (χ1) is 12.5. The molecular formula is C19H22N4O3. The van der Waals surface area contributed by atoms with E-state index in [0.29, 0.717) is 11.1 Å². The third kappa shape index (κ3) is 3.83. The molecule has 1 saturated heterocycles. The van der Waals surface area contributed by atoms with Crippen molar-refractivity contribution < 1.29 is 9.72 Å². The molecule has 136 valence electrons. The summed E-state index contributed by atoms with van der Waals surface area (Å²) < 4.78 is 0. The van der Waals surface area contributed by atoms with Crippen LogP contribution in [0.4, 0.5) is 17.1 Å². The number of nitro groups is 1. The number of para-hydroxylation sites is 2. The topological polar surface area (TPSA) is 78.7 Å². The van der Waals surface area contributed by atoms with E-state index in [9.17, 15) is 14.9 Å². The number of likely N-dealkylation sites (N-methyl/N-ethyl adjacent to an activating group) is 1. The summed E-state index contributed by atoms with van der Waals surface area (Å²) >= 11 is 0. The normalized spacial score (nSPS) is 14.9. The molecule has 0 bridgehead atoms. The van der Waals surface area contributed by atoms with Gasteiger partial charge in [-0.15, -0.1) is 0 Å². The maximum Gasteiger partial charge on any atom is 0.272 e. The van der Waals surface area contributed by atoms with E-state index in [-0.39, 0.29) is 11.6 Å². The van der Waals surface area contributed by atoms with Crippen LogP contribution in [0.15, 0.2) is 42.5 Å². The number of hydrogen-bond donors (Lipinski definition) is 1. The first kappa shape index (κ1) is 17.9. The molecule has 0 saturated carbocycles. The molecule has 7 nitrogen and oxygen atoms in total. The van der Waals surface area contributed by atoms with Gasteiger partial charge in [-0.25, -0.2) is 0 Å². The Morgan fingerprint density at radius 2 is 1.81 bits per heavy atom. The molecule has 0 atom stereocenters. The molecular weight excluding hydrogens is 332 g/mol. The van der Waals surface area contributed by atoms with Crippen LogP contribution in [-0.4, -0.2) is 49.0 Å². The van der Waals surface area contributed by atoms with Gasteiger partial charge in [0.05, 0.1) is 16.3 Å². The molecule has 1 N–H and O–H groups in total. The molecule has 1 heterocycles. The first-order valence-electron chi connectivity index (χ1n) is 8.54. The molecule has 0 radical (unpaired) electrons. The Kier molecular flexibility index (Phi) is 5.18. The molecule has 3 rings (SSSR count). The van der Waals surface area contributed by atoms with Crippen molar-refractivity contribution in [1.29, 1.82) is 0 Å². The van der Waals surface area contributed by atoms with E-state index in [2.05, 4.69) is 22.2 Å². The van der Waals surface area contributed by atoms with Gasteiger partial charge in [0, 0.05) is 43.4 Å². The van der Waals surface area contributed by atoms with E-state index in [0.717, 1.165) is 37.6 Å². The van der Waals surface area contributed by atoms with Crippen LogP contribution in [0.2, 0.25) is 0 Å². The van der Waals surface area contributed by atoms with Crippen molar-refractivity contribution in [3.05, 3.63) is 63.7 Å².